The number of nitrogens with zero attached hydrogens (tertiary/aromatic N) is 1. The summed E-state index contributed by atoms with van der Waals surface area (Å²) >= 11 is 5.57. The van der Waals surface area contributed by atoms with E-state index in [0.717, 1.165) is 47.4 Å². The Morgan fingerprint density at radius 3 is 2.92 bits per heavy atom. The fraction of sp³-hybridized carbons (Fsp3) is 0.190. The molecule has 0 atom stereocenters. The topological polar surface area (TPSA) is 57.8 Å². The van der Waals surface area contributed by atoms with Gasteiger partial charge in [-0.05, 0) is 72.0 Å². The van der Waals surface area contributed by atoms with E-state index in [1.165, 1.54) is 17.0 Å². The first-order valence-corrected chi connectivity index (χ1v) is 9.01. The molecule has 0 saturated carbocycles. The van der Waals surface area contributed by atoms with E-state index in [4.69, 9.17) is 12.2 Å². The Balaban J connectivity index is 1.53. The van der Waals surface area contributed by atoms with E-state index in [-0.39, 0.29) is 5.91 Å². The molecule has 0 bridgehead atoms. The quantitative estimate of drug-likeness (QED) is 0.453. The lowest BCUT2D eigenvalue weighted by atomic mass is 10.0. The fourth-order valence-corrected chi connectivity index (χ4v) is 3.12. The van der Waals surface area contributed by atoms with Crippen LogP contribution in [0.25, 0.3) is 11.0 Å². The molecule has 132 valence electrons. The summed E-state index contributed by atoms with van der Waals surface area (Å²) in [6, 6.07) is 12.0. The zero-order chi connectivity index (χ0) is 18.4. The number of aryl methyl sites for hydroxylation is 2. The van der Waals surface area contributed by atoms with Crippen molar-refractivity contribution in [1.82, 2.24) is 9.97 Å². The van der Waals surface area contributed by atoms with Gasteiger partial charge in [0.15, 0.2) is 0 Å². The van der Waals surface area contributed by atoms with Crippen LogP contribution >= 0.6 is 12.2 Å². The van der Waals surface area contributed by atoms with Gasteiger partial charge in [-0.25, -0.2) is 4.98 Å². The molecule has 1 aromatic carbocycles. The van der Waals surface area contributed by atoms with Gasteiger partial charge in [-0.1, -0.05) is 30.9 Å². The second kappa shape index (κ2) is 8.54. The number of pyridine rings is 1. The van der Waals surface area contributed by atoms with Gasteiger partial charge in [0.2, 0.25) is 5.91 Å². The molecule has 2 aromatic heterocycles. The van der Waals surface area contributed by atoms with E-state index in [1.807, 2.05) is 30.6 Å². The molecule has 0 unspecified atom stereocenters. The smallest absolute Gasteiger partial charge is 0.247 e. The summed E-state index contributed by atoms with van der Waals surface area (Å²) < 4.78 is 0. The zero-order valence-electron chi connectivity index (χ0n) is 14.5. The van der Waals surface area contributed by atoms with E-state index in [0.29, 0.717) is 0 Å². The van der Waals surface area contributed by atoms with Crippen LogP contribution in [0.1, 0.15) is 24.0 Å². The Labute approximate surface area is 158 Å². The number of nitrogens with one attached hydrogen (secondary N) is 2. The van der Waals surface area contributed by atoms with Crippen LogP contribution in [-0.4, -0.2) is 20.7 Å². The summed E-state index contributed by atoms with van der Waals surface area (Å²) in [6.45, 7) is 3.46. The summed E-state index contributed by atoms with van der Waals surface area (Å²) in [5, 5.41) is 3.95. The highest BCUT2D eigenvalue weighted by atomic mass is 32.1. The largest absolute Gasteiger partial charge is 0.346 e. The van der Waals surface area contributed by atoms with Crippen molar-refractivity contribution >= 4 is 39.7 Å². The first-order valence-electron chi connectivity index (χ1n) is 8.61. The number of H-pyrrole nitrogens is 1. The van der Waals surface area contributed by atoms with Crippen molar-refractivity contribution in [1.29, 1.82) is 0 Å². The van der Waals surface area contributed by atoms with E-state index in [1.54, 1.807) is 0 Å². The van der Waals surface area contributed by atoms with Crippen molar-refractivity contribution < 1.29 is 4.79 Å². The molecule has 3 aromatic rings. The predicted molar refractivity (Wildman–Crippen MR) is 111 cm³/mol. The molecule has 0 radical (unpaired) electrons. The minimum atomic E-state index is -0.203. The number of rotatable bonds is 8. The van der Waals surface area contributed by atoms with E-state index >= 15 is 0 Å². The highest BCUT2D eigenvalue weighted by Gasteiger charge is 2.06. The van der Waals surface area contributed by atoms with E-state index in [9.17, 15) is 4.79 Å². The molecule has 1 amide bonds. The van der Waals surface area contributed by atoms with Crippen LogP contribution < -0.4 is 5.32 Å². The van der Waals surface area contributed by atoms with Gasteiger partial charge in [-0.2, -0.15) is 0 Å². The van der Waals surface area contributed by atoms with Crippen LogP contribution in [0.15, 0.2) is 61.4 Å². The second-order valence-corrected chi connectivity index (χ2v) is 6.72. The van der Waals surface area contributed by atoms with Crippen molar-refractivity contribution in [3.05, 3.63) is 72.6 Å². The monoisotopic (exact) mass is 363 g/mol. The van der Waals surface area contributed by atoms with Gasteiger partial charge in [-0.15, -0.1) is 0 Å². The second-order valence-electron chi connectivity index (χ2n) is 6.14. The number of benzene rings is 1. The van der Waals surface area contributed by atoms with Crippen LogP contribution in [0.3, 0.4) is 0 Å². The van der Waals surface area contributed by atoms with Gasteiger partial charge < -0.3 is 10.3 Å². The Bertz CT molecular complexity index is 945. The predicted octanol–water partition coefficient (Wildman–Crippen LogP) is 4.62. The molecule has 5 heteroatoms. The zero-order valence-corrected chi connectivity index (χ0v) is 15.3. The maximum Gasteiger partial charge on any atom is 0.247 e. The number of thiocarbonyl (C=S) groups is 1. The molecule has 26 heavy (non-hydrogen) atoms. The molecule has 0 aliphatic heterocycles. The lowest BCUT2D eigenvalue weighted by Crippen LogP contribution is -2.07. The molecular weight excluding hydrogens is 342 g/mol. The van der Waals surface area contributed by atoms with Gasteiger partial charge in [0.25, 0.3) is 0 Å². The maximum atomic E-state index is 11.4. The Kier molecular flexibility index (Phi) is 5.92. The first kappa shape index (κ1) is 18.0. The Morgan fingerprint density at radius 1 is 1.23 bits per heavy atom. The van der Waals surface area contributed by atoms with Gasteiger partial charge in [0.05, 0.1) is 0 Å². The Hall–Kier alpha value is -2.79. The van der Waals surface area contributed by atoms with Gasteiger partial charge in [0, 0.05) is 23.5 Å². The number of aromatic nitrogens is 2. The summed E-state index contributed by atoms with van der Waals surface area (Å²) in [4.78, 5) is 19.9. The minimum absolute atomic E-state index is 0.203. The number of fused-ring (bicyclic) bond motifs is 1. The Morgan fingerprint density at radius 2 is 2.08 bits per heavy atom. The number of aromatic amines is 1. The third kappa shape index (κ3) is 4.64. The third-order valence-electron chi connectivity index (χ3n) is 4.30. The number of anilines is 1. The molecule has 3 rings (SSSR count). The minimum Gasteiger partial charge on any atom is -0.346 e. The molecule has 0 saturated heterocycles. The normalized spacial score (nSPS) is 10.6. The van der Waals surface area contributed by atoms with Crippen molar-refractivity contribution in [2.75, 3.05) is 5.32 Å². The maximum absolute atomic E-state index is 11.4. The number of carbonyl (C=O) groups is 1. The number of hydrogen-bond donors (Lipinski definition) is 2. The first-order chi connectivity index (χ1) is 12.7. The highest BCUT2D eigenvalue weighted by Crippen LogP contribution is 2.18. The third-order valence-corrected chi connectivity index (χ3v) is 4.70. The van der Waals surface area contributed by atoms with Crippen molar-refractivity contribution in [2.24, 2.45) is 0 Å². The van der Waals surface area contributed by atoms with Crippen LogP contribution in [0.5, 0.6) is 0 Å². The SMILES string of the molecule is C=CC(=O)Nc1cccc(CCC(=S)CCc2ccnc3[nH]ccc23)c1. The highest BCUT2D eigenvalue weighted by molar-refractivity contribution is 7.80. The summed E-state index contributed by atoms with van der Waals surface area (Å²) in [7, 11) is 0. The fourth-order valence-electron chi connectivity index (χ4n) is 2.92. The molecule has 0 fully saturated rings. The average molecular weight is 363 g/mol. The molecule has 2 heterocycles. The standard InChI is InChI=1S/C21H21N3OS/c1-2-20(25)24-17-5-3-4-15(14-17)6-8-18(26)9-7-16-10-12-22-21-19(16)11-13-23-21/h2-5,10-14H,1,6-9H2,(H,22,23)(H,24,25). The number of carbonyl (C=O) groups excluding carboxylic acids is 1. The molecule has 0 aliphatic rings. The van der Waals surface area contributed by atoms with Gasteiger partial charge in [0.1, 0.15) is 5.65 Å². The van der Waals surface area contributed by atoms with Crippen molar-refractivity contribution in [3.63, 3.8) is 0 Å². The van der Waals surface area contributed by atoms with Crippen LogP contribution in [0, 0.1) is 0 Å². The van der Waals surface area contributed by atoms with Crippen molar-refractivity contribution in [3.8, 4) is 0 Å². The van der Waals surface area contributed by atoms with E-state index < -0.39 is 0 Å². The summed E-state index contributed by atoms with van der Waals surface area (Å²) in [6.07, 6.45) is 8.54. The van der Waals surface area contributed by atoms with Gasteiger partial charge in [-0.3, -0.25) is 4.79 Å². The molecular formula is C21H21N3OS. The molecule has 0 aliphatic carbocycles. The lowest BCUT2D eigenvalue weighted by molar-refractivity contribution is -0.111. The molecule has 0 spiro atoms. The van der Waals surface area contributed by atoms with Gasteiger partial charge >= 0.3 is 0 Å². The van der Waals surface area contributed by atoms with E-state index in [2.05, 4.69) is 40.1 Å². The number of hydrogen-bond acceptors (Lipinski definition) is 3. The molecule has 4 nitrogen and oxygen atoms in total. The summed E-state index contributed by atoms with van der Waals surface area (Å²) in [5.74, 6) is -0.203. The van der Waals surface area contributed by atoms with Crippen molar-refractivity contribution in [2.45, 2.75) is 25.7 Å². The van der Waals surface area contributed by atoms with Crippen LogP contribution in [0.4, 0.5) is 5.69 Å². The van der Waals surface area contributed by atoms with Crippen LogP contribution in [-0.2, 0) is 17.6 Å². The molecule has 2 N–H and O–H groups in total. The number of amides is 1. The van der Waals surface area contributed by atoms with Crippen LogP contribution in [0.2, 0.25) is 0 Å². The average Bonchev–Trinajstić information content (AvgIpc) is 3.14. The summed E-state index contributed by atoms with van der Waals surface area (Å²) in [5.41, 5.74) is 4.13. The lowest BCUT2D eigenvalue weighted by Gasteiger charge is -2.08.